The average molecular weight is 224 g/mol. The molecule has 0 aromatic carbocycles. The van der Waals surface area contributed by atoms with Crippen LogP contribution in [-0.4, -0.2) is 24.3 Å². The molecule has 1 rings (SSSR count). The molecule has 1 saturated heterocycles. The zero-order valence-corrected chi connectivity index (χ0v) is 10.2. The van der Waals surface area contributed by atoms with E-state index >= 15 is 0 Å². The van der Waals surface area contributed by atoms with Crippen molar-refractivity contribution in [2.45, 2.75) is 45.5 Å². The first-order valence-electron chi connectivity index (χ1n) is 5.67. The summed E-state index contributed by atoms with van der Waals surface area (Å²) < 4.78 is 11.1. The highest BCUT2D eigenvalue weighted by Crippen LogP contribution is 2.23. The van der Waals surface area contributed by atoms with Crippen LogP contribution in [0.1, 0.15) is 33.6 Å². The van der Waals surface area contributed by atoms with E-state index in [1.807, 2.05) is 32.9 Å². The zero-order chi connectivity index (χ0) is 12.0. The SMILES string of the molecule is C/C=C/C=C/C(=O)C[C@H]1CCOC(C)(C)O1. The fraction of sp³-hybridized carbons (Fsp3) is 0.615. The largest absolute Gasteiger partial charge is 0.350 e. The van der Waals surface area contributed by atoms with Crippen molar-refractivity contribution in [1.82, 2.24) is 0 Å². The van der Waals surface area contributed by atoms with Crippen molar-refractivity contribution in [3.8, 4) is 0 Å². The van der Waals surface area contributed by atoms with E-state index in [4.69, 9.17) is 9.47 Å². The first kappa shape index (κ1) is 13.1. The summed E-state index contributed by atoms with van der Waals surface area (Å²) in [5.41, 5.74) is 0. The van der Waals surface area contributed by atoms with Gasteiger partial charge in [0.05, 0.1) is 12.7 Å². The monoisotopic (exact) mass is 224 g/mol. The van der Waals surface area contributed by atoms with Gasteiger partial charge in [-0.25, -0.2) is 0 Å². The molecule has 1 aliphatic rings. The quantitative estimate of drug-likeness (QED) is 0.544. The minimum atomic E-state index is -0.559. The molecular formula is C13H20O3. The molecule has 0 spiro atoms. The highest BCUT2D eigenvalue weighted by molar-refractivity contribution is 5.90. The van der Waals surface area contributed by atoms with Gasteiger partial charge >= 0.3 is 0 Å². The molecule has 1 aliphatic heterocycles. The van der Waals surface area contributed by atoms with E-state index in [1.165, 1.54) is 0 Å². The van der Waals surface area contributed by atoms with Crippen LogP contribution in [0.3, 0.4) is 0 Å². The molecule has 0 aliphatic carbocycles. The molecule has 0 unspecified atom stereocenters. The summed E-state index contributed by atoms with van der Waals surface area (Å²) in [6.07, 6.45) is 8.27. The second-order valence-electron chi connectivity index (χ2n) is 4.33. The number of hydrogen-bond acceptors (Lipinski definition) is 3. The van der Waals surface area contributed by atoms with Crippen molar-refractivity contribution in [3.05, 3.63) is 24.3 Å². The topological polar surface area (TPSA) is 35.5 Å². The molecule has 1 atom stereocenters. The molecule has 90 valence electrons. The minimum Gasteiger partial charge on any atom is -0.350 e. The summed E-state index contributed by atoms with van der Waals surface area (Å²) in [6, 6.07) is 0. The zero-order valence-electron chi connectivity index (χ0n) is 10.2. The highest BCUT2D eigenvalue weighted by Gasteiger charge is 2.29. The Morgan fingerprint density at radius 1 is 1.44 bits per heavy atom. The number of rotatable bonds is 4. The molecule has 0 aromatic heterocycles. The van der Waals surface area contributed by atoms with Crippen molar-refractivity contribution in [2.75, 3.05) is 6.61 Å². The van der Waals surface area contributed by atoms with Gasteiger partial charge in [0.25, 0.3) is 0 Å². The summed E-state index contributed by atoms with van der Waals surface area (Å²) in [4.78, 5) is 11.6. The van der Waals surface area contributed by atoms with Gasteiger partial charge in [0.1, 0.15) is 0 Å². The number of carbonyl (C=O) groups is 1. The third-order valence-corrected chi connectivity index (χ3v) is 2.35. The second kappa shape index (κ2) is 5.97. The van der Waals surface area contributed by atoms with Gasteiger partial charge in [-0.05, 0) is 33.3 Å². The maximum Gasteiger partial charge on any atom is 0.163 e. The van der Waals surface area contributed by atoms with Crippen LogP contribution >= 0.6 is 0 Å². The standard InChI is InChI=1S/C13H20O3/c1-4-5-6-7-11(14)10-12-8-9-15-13(2,3)16-12/h4-7,12H,8-10H2,1-3H3/b5-4+,7-6+/t12-/m1/s1. The molecule has 0 N–H and O–H groups in total. The Bertz CT molecular complexity index is 290. The lowest BCUT2D eigenvalue weighted by Gasteiger charge is -2.35. The summed E-state index contributed by atoms with van der Waals surface area (Å²) >= 11 is 0. The molecule has 1 heterocycles. The number of ketones is 1. The Balaban J connectivity index is 2.39. The Kier molecular flexibility index (Phi) is 4.90. The van der Waals surface area contributed by atoms with Crippen molar-refractivity contribution < 1.29 is 14.3 Å². The summed E-state index contributed by atoms with van der Waals surface area (Å²) in [5, 5.41) is 0. The molecular weight excluding hydrogens is 204 g/mol. The van der Waals surface area contributed by atoms with Crippen LogP contribution in [0, 0.1) is 0 Å². The number of ether oxygens (including phenoxy) is 2. The molecule has 16 heavy (non-hydrogen) atoms. The average Bonchev–Trinajstić information content (AvgIpc) is 2.16. The molecule has 3 heteroatoms. The Hall–Kier alpha value is -0.930. The highest BCUT2D eigenvalue weighted by atomic mass is 16.7. The maximum absolute atomic E-state index is 11.6. The lowest BCUT2D eigenvalue weighted by Crippen LogP contribution is -2.40. The van der Waals surface area contributed by atoms with Crippen LogP contribution in [0.25, 0.3) is 0 Å². The van der Waals surface area contributed by atoms with Crippen molar-refractivity contribution in [2.24, 2.45) is 0 Å². The van der Waals surface area contributed by atoms with Crippen LogP contribution in [0.2, 0.25) is 0 Å². The Labute approximate surface area is 97.1 Å². The lowest BCUT2D eigenvalue weighted by atomic mass is 10.1. The van der Waals surface area contributed by atoms with E-state index < -0.39 is 5.79 Å². The summed E-state index contributed by atoms with van der Waals surface area (Å²) in [6.45, 7) is 6.32. The van der Waals surface area contributed by atoms with E-state index in [1.54, 1.807) is 12.2 Å². The van der Waals surface area contributed by atoms with Crippen molar-refractivity contribution in [1.29, 1.82) is 0 Å². The maximum atomic E-state index is 11.6. The van der Waals surface area contributed by atoms with Gasteiger partial charge in [-0.2, -0.15) is 0 Å². The predicted octanol–water partition coefficient (Wildman–Crippen LogP) is 2.62. The van der Waals surface area contributed by atoms with E-state index in [2.05, 4.69) is 0 Å². The van der Waals surface area contributed by atoms with Crippen LogP contribution in [0.5, 0.6) is 0 Å². The van der Waals surface area contributed by atoms with Crippen molar-refractivity contribution in [3.63, 3.8) is 0 Å². The summed E-state index contributed by atoms with van der Waals surface area (Å²) in [5.74, 6) is -0.461. The van der Waals surface area contributed by atoms with E-state index in [0.29, 0.717) is 13.0 Å². The fourth-order valence-corrected chi connectivity index (χ4v) is 1.64. The van der Waals surface area contributed by atoms with Gasteiger partial charge in [0, 0.05) is 6.42 Å². The van der Waals surface area contributed by atoms with Crippen LogP contribution in [-0.2, 0) is 14.3 Å². The van der Waals surface area contributed by atoms with E-state index in [-0.39, 0.29) is 11.9 Å². The first-order valence-corrected chi connectivity index (χ1v) is 5.67. The van der Waals surface area contributed by atoms with Gasteiger partial charge < -0.3 is 9.47 Å². The number of hydrogen-bond donors (Lipinski definition) is 0. The third-order valence-electron chi connectivity index (χ3n) is 2.35. The van der Waals surface area contributed by atoms with Gasteiger partial charge in [0.2, 0.25) is 0 Å². The Morgan fingerprint density at radius 3 is 2.81 bits per heavy atom. The van der Waals surface area contributed by atoms with E-state index in [0.717, 1.165) is 6.42 Å². The molecule has 0 aromatic rings. The van der Waals surface area contributed by atoms with Gasteiger partial charge in [-0.1, -0.05) is 18.2 Å². The van der Waals surface area contributed by atoms with E-state index in [9.17, 15) is 4.79 Å². The molecule has 0 amide bonds. The second-order valence-corrected chi connectivity index (χ2v) is 4.33. The Morgan fingerprint density at radius 2 is 2.19 bits per heavy atom. The number of carbonyl (C=O) groups excluding carboxylic acids is 1. The van der Waals surface area contributed by atoms with Crippen LogP contribution in [0.15, 0.2) is 24.3 Å². The number of allylic oxidation sites excluding steroid dienone is 4. The minimum absolute atomic E-state index is 0.0218. The van der Waals surface area contributed by atoms with Crippen LogP contribution in [0.4, 0.5) is 0 Å². The van der Waals surface area contributed by atoms with Gasteiger partial charge in [-0.3, -0.25) is 4.79 Å². The predicted molar refractivity (Wildman–Crippen MR) is 63.1 cm³/mol. The fourth-order valence-electron chi connectivity index (χ4n) is 1.64. The molecule has 3 nitrogen and oxygen atoms in total. The van der Waals surface area contributed by atoms with Crippen LogP contribution < -0.4 is 0 Å². The van der Waals surface area contributed by atoms with Crippen molar-refractivity contribution >= 4 is 5.78 Å². The lowest BCUT2D eigenvalue weighted by molar-refractivity contribution is -0.272. The summed E-state index contributed by atoms with van der Waals surface area (Å²) in [7, 11) is 0. The molecule has 0 radical (unpaired) electrons. The smallest absolute Gasteiger partial charge is 0.163 e. The third kappa shape index (κ3) is 4.73. The normalized spacial score (nSPS) is 25.3. The molecule has 0 bridgehead atoms. The van der Waals surface area contributed by atoms with Gasteiger partial charge in [0.15, 0.2) is 11.6 Å². The van der Waals surface area contributed by atoms with Gasteiger partial charge in [-0.15, -0.1) is 0 Å². The molecule has 1 fully saturated rings. The first-order chi connectivity index (χ1) is 7.53. The molecule has 0 saturated carbocycles.